The molecule has 3 saturated carbocycles. The van der Waals surface area contributed by atoms with Crippen molar-refractivity contribution in [3.8, 4) is 16.9 Å². The second-order valence-corrected chi connectivity index (χ2v) is 12.1. The Morgan fingerprint density at radius 2 is 1.50 bits per heavy atom. The van der Waals surface area contributed by atoms with Crippen molar-refractivity contribution in [1.82, 2.24) is 4.90 Å². The summed E-state index contributed by atoms with van der Waals surface area (Å²) in [6.07, 6.45) is 9.59. The van der Waals surface area contributed by atoms with E-state index < -0.39 is 0 Å². The average Bonchev–Trinajstić information content (AvgIpc) is 3.19. The molecule has 6 rings (SSSR count). The summed E-state index contributed by atoms with van der Waals surface area (Å²) in [6, 6.07) is 19.7. The van der Waals surface area contributed by atoms with Gasteiger partial charge >= 0.3 is 0 Å². The first-order valence-corrected chi connectivity index (χ1v) is 13.5. The van der Waals surface area contributed by atoms with Crippen molar-refractivity contribution in [3.05, 3.63) is 54.6 Å². The number of benzene rings is 2. The number of amides is 1. The van der Waals surface area contributed by atoms with Crippen molar-refractivity contribution in [2.75, 3.05) is 7.05 Å². The Morgan fingerprint density at radius 1 is 0.794 bits per heavy atom. The summed E-state index contributed by atoms with van der Waals surface area (Å²) >= 11 is 0. The Hall–Kier alpha value is -2.29. The Morgan fingerprint density at radius 3 is 2.26 bits per heavy atom. The predicted octanol–water partition coefficient (Wildman–Crippen LogP) is 6.96. The molecule has 1 saturated heterocycles. The number of rotatable bonds is 3. The van der Waals surface area contributed by atoms with Gasteiger partial charge in [-0.2, -0.15) is 0 Å². The standard InChI is InChI=1S/C31H39NO2/c1-30-20-18-29(33)32(3)27(30)15-13-24-25-14-16-28(31(25,2)19-17-26(24)30)34-23-11-9-22(10-12-23)21-7-5-4-6-8-21/h4-12,24-28H,13-20H2,1-3H3/t24-,25-,26-,27+,28?,30+,31-/m0/s1. The van der Waals surface area contributed by atoms with Crippen molar-refractivity contribution in [2.45, 2.75) is 77.4 Å². The quantitative estimate of drug-likeness (QED) is 0.498. The topological polar surface area (TPSA) is 29.5 Å². The Labute approximate surface area is 204 Å². The van der Waals surface area contributed by atoms with Crippen LogP contribution in [0, 0.1) is 28.6 Å². The lowest BCUT2D eigenvalue weighted by Crippen LogP contribution is -2.61. The van der Waals surface area contributed by atoms with Crippen molar-refractivity contribution in [2.24, 2.45) is 28.6 Å². The van der Waals surface area contributed by atoms with Crippen LogP contribution < -0.4 is 4.74 Å². The molecule has 0 aromatic heterocycles. The van der Waals surface area contributed by atoms with Gasteiger partial charge in [0.15, 0.2) is 0 Å². The number of carbonyl (C=O) groups excluding carboxylic acids is 1. The second-order valence-electron chi connectivity index (χ2n) is 12.1. The summed E-state index contributed by atoms with van der Waals surface area (Å²) in [7, 11) is 2.06. The van der Waals surface area contributed by atoms with E-state index in [-0.39, 0.29) is 5.41 Å². The average molecular weight is 458 g/mol. The molecule has 3 aliphatic carbocycles. The molecule has 3 heteroatoms. The zero-order valence-corrected chi connectivity index (χ0v) is 21.0. The SMILES string of the molecule is CN1C(=O)CC[C@]2(C)[C@H]3CC[C@]4(C)C(Oc5ccc(-c6ccccc6)cc5)CC[C@H]4[C@@H]3CC[C@@H]12. The molecule has 1 amide bonds. The third kappa shape index (κ3) is 3.33. The van der Waals surface area contributed by atoms with Gasteiger partial charge < -0.3 is 9.64 Å². The highest BCUT2D eigenvalue weighted by molar-refractivity contribution is 5.77. The first-order valence-electron chi connectivity index (χ1n) is 13.5. The molecule has 4 fully saturated rings. The Balaban J connectivity index is 1.19. The van der Waals surface area contributed by atoms with Gasteiger partial charge in [-0.1, -0.05) is 56.3 Å². The minimum Gasteiger partial charge on any atom is -0.490 e. The molecular formula is C31H39NO2. The largest absolute Gasteiger partial charge is 0.490 e. The lowest BCUT2D eigenvalue weighted by Gasteiger charge is -2.61. The van der Waals surface area contributed by atoms with Crippen LogP contribution in [0.4, 0.5) is 0 Å². The van der Waals surface area contributed by atoms with E-state index in [2.05, 4.69) is 80.4 Å². The molecule has 2 aromatic carbocycles. The van der Waals surface area contributed by atoms with Crippen LogP contribution in [0.3, 0.4) is 0 Å². The smallest absolute Gasteiger partial charge is 0.222 e. The van der Waals surface area contributed by atoms with Crippen molar-refractivity contribution in [1.29, 1.82) is 0 Å². The van der Waals surface area contributed by atoms with E-state index >= 15 is 0 Å². The van der Waals surface area contributed by atoms with Crippen molar-refractivity contribution in [3.63, 3.8) is 0 Å². The van der Waals surface area contributed by atoms with Gasteiger partial charge in [0.05, 0.1) is 0 Å². The molecule has 0 N–H and O–H groups in total. The zero-order chi connectivity index (χ0) is 23.5. The summed E-state index contributed by atoms with van der Waals surface area (Å²) in [5, 5.41) is 0. The molecular weight excluding hydrogens is 418 g/mol. The van der Waals surface area contributed by atoms with Crippen LogP contribution in [-0.2, 0) is 4.79 Å². The van der Waals surface area contributed by atoms with E-state index in [1.165, 1.54) is 49.7 Å². The first-order chi connectivity index (χ1) is 16.4. The monoisotopic (exact) mass is 457 g/mol. The molecule has 2 aromatic rings. The van der Waals surface area contributed by atoms with E-state index in [1.807, 2.05) is 0 Å². The number of ether oxygens (including phenoxy) is 1. The number of piperidine rings is 1. The molecule has 1 unspecified atom stereocenters. The maximum Gasteiger partial charge on any atom is 0.222 e. The number of nitrogens with zero attached hydrogens (tertiary/aromatic N) is 1. The maximum atomic E-state index is 12.4. The van der Waals surface area contributed by atoms with E-state index in [9.17, 15) is 4.79 Å². The number of hydrogen-bond donors (Lipinski definition) is 0. The second kappa shape index (κ2) is 8.14. The van der Waals surface area contributed by atoms with Crippen molar-refractivity contribution >= 4 is 5.91 Å². The molecule has 0 radical (unpaired) electrons. The summed E-state index contributed by atoms with van der Waals surface area (Å²) in [6.45, 7) is 5.03. The molecule has 1 aliphatic heterocycles. The first kappa shape index (κ1) is 22.2. The summed E-state index contributed by atoms with van der Waals surface area (Å²) < 4.78 is 6.73. The molecule has 4 aliphatic rings. The van der Waals surface area contributed by atoms with Crippen LogP contribution in [0.5, 0.6) is 5.75 Å². The number of fused-ring (bicyclic) bond motifs is 5. The number of hydrogen-bond acceptors (Lipinski definition) is 2. The highest BCUT2D eigenvalue weighted by Gasteiger charge is 2.61. The Bertz CT molecular complexity index is 1050. The number of carbonyl (C=O) groups is 1. The van der Waals surface area contributed by atoms with Crippen LogP contribution in [0.1, 0.15) is 65.2 Å². The maximum absolute atomic E-state index is 12.4. The fraction of sp³-hybridized carbons (Fsp3) is 0.581. The minimum absolute atomic E-state index is 0.263. The molecule has 3 nitrogen and oxygen atoms in total. The normalized spacial score (nSPS) is 39.2. The van der Waals surface area contributed by atoms with Gasteiger partial charge in [0, 0.05) is 24.9 Å². The van der Waals surface area contributed by atoms with Crippen LogP contribution in [0.25, 0.3) is 11.1 Å². The van der Waals surface area contributed by atoms with Gasteiger partial charge in [-0.3, -0.25) is 4.79 Å². The van der Waals surface area contributed by atoms with Gasteiger partial charge in [-0.15, -0.1) is 0 Å². The van der Waals surface area contributed by atoms with E-state index in [0.717, 1.165) is 36.3 Å². The highest BCUT2D eigenvalue weighted by atomic mass is 16.5. The van der Waals surface area contributed by atoms with Crippen molar-refractivity contribution < 1.29 is 9.53 Å². The van der Waals surface area contributed by atoms with E-state index in [4.69, 9.17) is 4.74 Å². The van der Waals surface area contributed by atoms with Crippen LogP contribution in [0.2, 0.25) is 0 Å². The molecule has 34 heavy (non-hydrogen) atoms. The van der Waals surface area contributed by atoms with Crippen LogP contribution >= 0.6 is 0 Å². The van der Waals surface area contributed by atoms with Gasteiger partial charge in [-0.25, -0.2) is 0 Å². The molecule has 0 bridgehead atoms. The van der Waals surface area contributed by atoms with E-state index in [0.29, 0.717) is 23.5 Å². The van der Waals surface area contributed by atoms with Gasteiger partial charge in [0.1, 0.15) is 11.9 Å². The summed E-state index contributed by atoms with van der Waals surface area (Å²) in [5.41, 5.74) is 3.04. The number of likely N-dealkylation sites (tertiary alicyclic amines) is 1. The molecule has 1 heterocycles. The predicted molar refractivity (Wildman–Crippen MR) is 136 cm³/mol. The summed E-state index contributed by atoms with van der Waals surface area (Å²) in [5.74, 6) is 3.66. The lowest BCUT2D eigenvalue weighted by molar-refractivity contribution is -0.159. The fourth-order valence-electron chi connectivity index (χ4n) is 8.82. The molecule has 7 atom stereocenters. The van der Waals surface area contributed by atoms with Gasteiger partial charge in [0.25, 0.3) is 0 Å². The van der Waals surface area contributed by atoms with E-state index in [1.54, 1.807) is 0 Å². The van der Waals surface area contributed by atoms with Gasteiger partial charge in [-0.05, 0) is 91.4 Å². The van der Waals surface area contributed by atoms with Crippen LogP contribution in [-0.4, -0.2) is 30.0 Å². The lowest BCUT2D eigenvalue weighted by atomic mass is 9.47. The highest BCUT2D eigenvalue weighted by Crippen LogP contribution is 2.65. The zero-order valence-electron chi connectivity index (χ0n) is 21.0. The molecule has 0 spiro atoms. The van der Waals surface area contributed by atoms with Crippen LogP contribution in [0.15, 0.2) is 54.6 Å². The summed E-state index contributed by atoms with van der Waals surface area (Å²) in [4.78, 5) is 14.5. The Kier molecular flexibility index (Phi) is 5.31. The minimum atomic E-state index is 0.263. The fourth-order valence-corrected chi connectivity index (χ4v) is 8.82. The van der Waals surface area contributed by atoms with Gasteiger partial charge in [0.2, 0.25) is 5.91 Å². The molecule has 180 valence electrons. The third-order valence-corrected chi connectivity index (χ3v) is 10.7. The third-order valence-electron chi connectivity index (χ3n) is 10.7.